The van der Waals surface area contributed by atoms with Gasteiger partial charge in [-0.05, 0) is 30.0 Å². The normalized spacial score (nSPS) is 13.1. The molecule has 0 saturated heterocycles. The van der Waals surface area contributed by atoms with Crippen molar-refractivity contribution < 1.29 is 4.79 Å². The van der Waals surface area contributed by atoms with Crippen LogP contribution in [0.25, 0.3) is 6.08 Å². The largest absolute Gasteiger partial charge is 0.298 e. The van der Waals surface area contributed by atoms with Crippen molar-refractivity contribution in [3.63, 3.8) is 0 Å². The summed E-state index contributed by atoms with van der Waals surface area (Å²) in [6, 6.07) is 3.90. The number of hydrogen-bond donors (Lipinski definition) is 0. The van der Waals surface area contributed by atoms with Crippen LogP contribution in [-0.2, 0) is 6.42 Å². The molecule has 0 aliphatic heterocycles. The molecule has 60 valence electrons. The molecule has 1 aliphatic carbocycles. The molecule has 1 nitrogen and oxygen atoms in total. The van der Waals surface area contributed by atoms with Gasteiger partial charge in [-0.25, -0.2) is 0 Å². The maximum absolute atomic E-state index is 10.6. The zero-order chi connectivity index (χ0) is 8.55. The van der Waals surface area contributed by atoms with E-state index in [1.165, 1.54) is 16.7 Å². The third kappa shape index (κ3) is 0.900. The van der Waals surface area contributed by atoms with Gasteiger partial charge in [0, 0.05) is 5.56 Å². The number of allylic oxidation sites excluding steroid dienone is 1. The van der Waals surface area contributed by atoms with Gasteiger partial charge in [0.15, 0.2) is 0 Å². The Morgan fingerprint density at radius 3 is 3.00 bits per heavy atom. The van der Waals surface area contributed by atoms with Crippen LogP contribution < -0.4 is 0 Å². The average Bonchev–Trinajstić information content (AvgIpc) is 2.54. The maximum atomic E-state index is 10.6. The van der Waals surface area contributed by atoms with E-state index >= 15 is 0 Å². The molecule has 0 saturated carbocycles. The summed E-state index contributed by atoms with van der Waals surface area (Å²) in [5.74, 6) is 0. The fourth-order valence-corrected chi connectivity index (χ4v) is 1.66. The van der Waals surface area contributed by atoms with Crippen molar-refractivity contribution in [1.82, 2.24) is 0 Å². The van der Waals surface area contributed by atoms with Crippen molar-refractivity contribution in [1.29, 1.82) is 0 Å². The highest BCUT2D eigenvalue weighted by Gasteiger charge is 2.11. The zero-order valence-electron chi connectivity index (χ0n) is 7.00. The first-order valence-corrected chi connectivity index (χ1v) is 4.07. The van der Waals surface area contributed by atoms with Gasteiger partial charge in [0.25, 0.3) is 0 Å². The number of hydrogen-bond acceptors (Lipinski definition) is 1. The monoisotopic (exact) mass is 158 g/mol. The van der Waals surface area contributed by atoms with Crippen molar-refractivity contribution in [3.05, 3.63) is 40.5 Å². The fraction of sp³-hybridized carbons (Fsp3) is 0.182. The molecule has 12 heavy (non-hydrogen) atoms. The first-order valence-electron chi connectivity index (χ1n) is 4.07. The van der Waals surface area contributed by atoms with Gasteiger partial charge in [-0.3, -0.25) is 4.79 Å². The average molecular weight is 158 g/mol. The lowest BCUT2D eigenvalue weighted by Gasteiger charge is -2.04. The van der Waals surface area contributed by atoms with E-state index in [1.807, 2.05) is 12.1 Å². The maximum Gasteiger partial charge on any atom is 0.150 e. The quantitative estimate of drug-likeness (QED) is 0.573. The lowest BCUT2D eigenvalue weighted by molar-refractivity contribution is 0.112. The van der Waals surface area contributed by atoms with Crippen molar-refractivity contribution in [2.75, 3.05) is 0 Å². The molecule has 1 heteroatoms. The van der Waals surface area contributed by atoms with Crippen molar-refractivity contribution in [3.8, 4) is 0 Å². The Morgan fingerprint density at radius 1 is 1.42 bits per heavy atom. The van der Waals surface area contributed by atoms with Gasteiger partial charge in [-0.1, -0.05) is 24.3 Å². The van der Waals surface area contributed by atoms with E-state index in [1.54, 1.807) is 0 Å². The van der Waals surface area contributed by atoms with E-state index in [0.717, 1.165) is 18.3 Å². The van der Waals surface area contributed by atoms with Crippen LogP contribution in [-0.4, -0.2) is 6.29 Å². The van der Waals surface area contributed by atoms with Crippen LogP contribution in [0.5, 0.6) is 0 Å². The summed E-state index contributed by atoms with van der Waals surface area (Å²) in [5, 5.41) is 0. The smallest absolute Gasteiger partial charge is 0.150 e. The number of carbonyl (C=O) groups is 1. The first kappa shape index (κ1) is 7.29. The van der Waals surface area contributed by atoms with Crippen LogP contribution >= 0.6 is 0 Å². The standard InChI is InChI=1S/C11H10O/c1-8-5-6-9(7-12)11-4-2-3-10(8)11/h2-3,5-7H,4H2,1H3. The third-order valence-electron chi connectivity index (χ3n) is 2.34. The zero-order valence-corrected chi connectivity index (χ0v) is 7.00. The molecule has 0 atom stereocenters. The van der Waals surface area contributed by atoms with Crippen LogP contribution in [0, 0.1) is 6.92 Å². The highest BCUT2D eigenvalue weighted by molar-refractivity contribution is 5.82. The third-order valence-corrected chi connectivity index (χ3v) is 2.34. The molecule has 1 aromatic rings. The molecule has 2 rings (SSSR count). The number of fused-ring (bicyclic) bond motifs is 1. The Balaban J connectivity index is 2.69. The Labute approximate surface area is 71.7 Å². The van der Waals surface area contributed by atoms with Crippen molar-refractivity contribution in [2.45, 2.75) is 13.3 Å². The van der Waals surface area contributed by atoms with Gasteiger partial charge in [-0.2, -0.15) is 0 Å². The van der Waals surface area contributed by atoms with Gasteiger partial charge in [0.1, 0.15) is 6.29 Å². The van der Waals surface area contributed by atoms with Gasteiger partial charge in [-0.15, -0.1) is 0 Å². The molecule has 0 unspecified atom stereocenters. The predicted molar refractivity (Wildman–Crippen MR) is 49.3 cm³/mol. The number of carbonyl (C=O) groups excluding carboxylic acids is 1. The Bertz CT molecular complexity index is 362. The minimum Gasteiger partial charge on any atom is -0.298 e. The molecule has 0 fully saturated rings. The molecule has 0 heterocycles. The summed E-state index contributed by atoms with van der Waals surface area (Å²) in [5.41, 5.74) is 4.51. The Kier molecular flexibility index (Phi) is 1.58. The van der Waals surface area contributed by atoms with E-state index < -0.39 is 0 Å². The summed E-state index contributed by atoms with van der Waals surface area (Å²) in [7, 11) is 0. The van der Waals surface area contributed by atoms with Crippen molar-refractivity contribution >= 4 is 12.4 Å². The summed E-state index contributed by atoms with van der Waals surface area (Å²) < 4.78 is 0. The number of benzene rings is 1. The molecular weight excluding hydrogens is 148 g/mol. The van der Waals surface area contributed by atoms with Crippen LogP contribution in [0.2, 0.25) is 0 Å². The summed E-state index contributed by atoms with van der Waals surface area (Å²) >= 11 is 0. The fourth-order valence-electron chi connectivity index (χ4n) is 1.66. The van der Waals surface area contributed by atoms with E-state index in [0.29, 0.717) is 0 Å². The molecule has 1 aliphatic rings. The van der Waals surface area contributed by atoms with Crippen LogP contribution in [0.1, 0.15) is 27.0 Å². The van der Waals surface area contributed by atoms with Crippen LogP contribution in [0.3, 0.4) is 0 Å². The van der Waals surface area contributed by atoms with Gasteiger partial charge >= 0.3 is 0 Å². The number of aryl methyl sites for hydroxylation is 1. The second kappa shape index (κ2) is 2.59. The highest BCUT2D eigenvalue weighted by Crippen LogP contribution is 2.25. The molecule has 1 aromatic carbocycles. The summed E-state index contributed by atoms with van der Waals surface area (Å²) in [6.07, 6.45) is 6.04. The van der Waals surface area contributed by atoms with Gasteiger partial charge in [0.2, 0.25) is 0 Å². The summed E-state index contributed by atoms with van der Waals surface area (Å²) in [4.78, 5) is 10.6. The molecule has 0 bridgehead atoms. The van der Waals surface area contributed by atoms with Gasteiger partial charge in [0.05, 0.1) is 0 Å². The SMILES string of the molecule is Cc1ccc(C=O)c2c1C=CC2. The molecule has 0 radical (unpaired) electrons. The topological polar surface area (TPSA) is 17.1 Å². The molecule has 0 N–H and O–H groups in total. The second-order valence-corrected chi connectivity index (χ2v) is 3.09. The minimum absolute atomic E-state index is 0.834. The lowest BCUT2D eigenvalue weighted by Crippen LogP contribution is -1.93. The molecular formula is C11H10O. The number of aldehydes is 1. The van der Waals surface area contributed by atoms with E-state index in [9.17, 15) is 4.79 Å². The van der Waals surface area contributed by atoms with E-state index in [4.69, 9.17) is 0 Å². The van der Waals surface area contributed by atoms with Crippen LogP contribution in [0.15, 0.2) is 18.2 Å². The predicted octanol–water partition coefficient (Wildman–Crippen LogP) is 2.38. The Morgan fingerprint density at radius 2 is 2.25 bits per heavy atom. The Hall–Kier alpha value is -1.37. The van der Waals surface area contributed by atoms with Crippen LogP contribution in [0.4, 0.5) is 0 Å². The minimum atomic E-state index is 0.834. The van der Waals surface area contributed by atoms with E-state index in [2.05, 4.69) is 19.1 Å². The van der Waals surface area contributed by atoms with Gasteiger partial charge < -0.3 is 0 Å². The van der Waals surface area contributed by atoms with Crippen molar-refractivity contribution in [2.24, 2.45) is 0 Å². The first-order chi connectivity index (χ1) is 5.83. The molecule has 0 spiro atoms. The number of rotatable bonds is 1. The lowest BCUT2D eigenvalue weighted by atomic mass is 9.99. The van der Waals surface area contributed by atoms with E-state index in [-0.39, 0.29) is 0 Å². The summed E-state index contributed by atoms with van der Waals surface area (Å²) in [6.45, 7) is 2.07. The molecule has 0 aromatic heterocycles. The molecule has 0 amide bonds. The highest BCUT2D eigenvalue weighted by atomic mass is 16.1. The second-order valence-electron chi connectivity index (χ2n) is 3.09.